The molecule has 0 spiro atoms. The minimum Gasteiger partial charge on any atom is -0.361 e. The summed E-state index contributed by atoms with van der Waals surface area (Å²) >= 11 is 0. The smallest absolute Gasteiger partial charge is 0.106 e. The van der Waals surface area contributed by atoms with E-state index >= 15 is 0 Å². The van der Waals surface area contributed by atoms with E-state index in [1.807, 2.05) is 31.3 Å². The van der Waals surface area contributed by atoms with Crippen LogP contribution in [0.1, 0.15) is 43.4 Å². The molecule has 0 fully saturated rings. The van der Waals surface area contributed by atoms with Crippen molar-refractivity contribution in [1.29, 1.82) is 0 Å². The molecule has 2 heterocycles. The topological polar surface area (TPSA) is 56.3 Å². The molecule has 4 nitrogen and oxygen atoms in total. The molecule has 0 radical (unpaired) electrons. The molecule has 3 aromatic rings. The number of aliphatic imine (C=N–C) groups is 2. The molecular formula is C25H36N4Si. The van der Waals surface area contributed by atoms with Gasteiger partial charge >= 0.3 is 0 Å². The van der Waals surface area contributed by atoms with Crippen molar-refractivity contribution in [3.8, 4) is 0 Å². The van der Waals surface area contributed by atoms with Gasteiger partial charge in [0.05, 0.1) is 17.9 Å². The molecule has 1 aromatic carbocycles. The molecule has 2 N–H and O–H groups in total. The molecule has 3 rings (SSSR count). The first-order valence-electron chi connectivity index (χ1n) is 10.9. The molecule has 0 unspecified atom stereocenters. The standard InChI is InChI=1S/C18H26N2Si.C7H10N2/c1-4-21(5-2,6-3)18-13-12-17(20-18)15-19-14-16-10-8-7-9-11-16;1-6-3-4-7(9-6)5-8-2/h7-13,15,20H,4-6,14H2,1-3H3;3-5,9H,1-2H3. The van der Waals surface area contributed by atoms with Crippen molar-refractivity contribution in [2.75, 3.05) is 7.05 Å². The van der Waals surface area contributed by atoms with E-state index in [0.717, 1.165) is 17.9 Å². The number of rotatable bonds is 8. The van der Waals surface area contributed by atoms with E-state index in [0.29, 0.717) is 0 Å². The Kier molecular flexibility index (Phi) is 9.55. The quantitative estimate of drug-likeness (QED) is 0.346. The Morgan fingerprint density at radius 3 is 2.00 bits per heavy atom. The maximum atomic E-state index is 4.54. The van der Waals surface area contributed by atoms with Crippen LogP contribution in [0.5, 0.6) is 0 Å². The SMILES string of the molecule is CC[Si](CC)(CC)c1ccc(C=NCc2ccccc2)[nH]1.CN=Cc1ccc(C)[nH]1. The van der Waals surface area contributed by atoms with E-state index in [9.17, 15) is 0 Å². The number of aromatic nitrogens is 2. The Morgan fingerprint density at radius 2 is 1.43 bits per heavy atom. The summed E-state index contributed by atoms with van der Waals surface area (Å²) in [5.74, 6) is 0. The molecule has 2 aromatic heterocycles. The van der Waals surface area contributed by atoms with Crippen molar-refractivity contribution in [1.82, 2.24) is 9.97 Å². The van der Waals surface area contributed by atoms with Crippen molar-refractivity contribution in [3.05, 3.63) is 77.2 Å². The van der Waals surface area contributed by atoms with Gasteiger partial charge in [0.25, 0.3) is 0 Å². The first-order valence-corrected chi connectivity index (χ1v) is 13.5. The third-order valence-corrected chi connectivity index (χ3v) is 11.3. The predicted octanol–water partition coefficient (Wildman–Crippen LogP) is 5.72. The van der Waals surface area contributed by atoms with Crippen LogP contribution < -0.4 is 5.32 Å². The molecule has 0 saturated carbocycles. The normalized spacial score (nSPS) is 11.8. The largest absolute Gasteiger partial charge is 0.361 e. The lowest BCUT2D eigenvalue weighted by Gasteiger charge is -2.26. The molecule has 160 valence electrons. The van der Waals surface area contributed by atoms with Crippen LogP contribution in [0.3, 0.4) is 0 Å². The molecule has 5 heteroatoms. The van der Waals surface area contributed by atoms with Crippen molar-refractivity contribution >= 4 is 25.8 Å². The van der Waals surface area contributed by atoms with Gasteiger partial charge in [-0.25, -0.2) is 0 Å². The summed E-state index contributed by atoms with van der Waals surface area (Å²) in [7, 11) is 0.467. The summed E-state index contributed by atoms with van der Waals surface area (Å²) in [5, 5.41) is 1.48. The average Bonchev–Trinajstić information content (AvgIpc) is 3.41. The number of nitrogens with zero attached hydrogens (tertiary/aromatic N) is 2. The van der Waals surface area contributed by atoms with Crippen molar-refractivity contribution in [3.63, 3.8) is 0 Å². The number of H-pyrrole nitrogens is 2. The number of hydrogen-bond acceptors (Lipinski definition) is 2. The minimum atomic E-state index is -1.29. The van der Waals surface area contributed by atoms with E-state index in [1.165, 1.54) is 34.7 Å². The van der Waals surface area contributed by atoms with E-state index in [2.05, 4.69) is 77.1 Å². The van der Waals surface area contributed by atoms with Crippen LogP contribution in [0.2, 0.25) is 18.1 Å². The zero-order valence-corrected chi connectivity index (χ0v) is 20.1. The van der Waals surface area contributed by atoms with E-state index in [4.69, 9.17) is 0 Å². The van der Waals surface area contributed by atoms with Crippen LogP contribution >= 0.6 is 0 Å². The van der Waals surface area contributed by atoms with Gasteiger partial charge in [0, 0.05) is 25.2 Å². The zero-order chi connectivity index (χ0) is 21.8. The summed E-state index contributed by atoms with van der Waals surface area (Å²) in [6.07, 6.45) is 3.77. The number of hydrogen-bond donors (Lipinski definition) is 2. The second kappa shape index (κ2) is 12.1. The monoisotopic (exact) mass is 420 g/mol. The summed E-state index contributed by atoms with van der Waals surface area (Å²) in [6, 6.07) is 22.8. The third kappa shape index (κ3) is 6.70. The van der Waals surface area contributed by atoms with Crippen LogP contribution in [0.4, 0.5) is 0 Å². The average molecular weight is 421 g/mol. The molecule has 0 saturated heterocycles. The van der Waals surface area contributed by atoms with Gasteiger partial charge in [-0.05, 0) is 42.1 Å². The van der Waals surface area contributed by atoms with Gasteiger partial charge < -0.3 is 9.97 Å². The van der Waals surface area contributed by atoms with Crippen LogP contribution in [0, 0.1) is 6.92 Å². The number of aryl methyl sites for hydroxylation is 1. The van der Waals surface area contributed by atoms with Crippen LogP contribution in [-0.4, -0.2) is 37.5 Å². The highest BCUT2D eigenvalue weighted by molar-refractivity contribution is 6.91. The summed E-state index contributed by atoms with van der Waals surface area (Å²) in [4.78, 5) is 15.1. The van der Waals surface area contributed by atoms with Crippen molar-refractivity contribution in [2.45, 2.75) is 52.4 Å². The molecule has 0 aliphatic rings. The van der Waals surface area contributed by atoms with E-state index < -0.39 is 8.07 Å². The first-order chi connectivity index (χ1) is 14.6. The third-order valence-electron chi connectivity index (χ3n) is 5.78. The molecule has 0 atom stereocenters. The second-order valence-corrected chi connectivity index (χ2v) is 12.8. The fourth-order valence-electron chi connectivity index (χ4n) is 3.69. The Hall–Kier alpha value is -2.66. The van der Waals surface area contributed by atoms with Gasteiger partial charge in [-0.2, -0.15) is 0 Å². The van der Waals surface area contributed by atoms with Crippen LogP contribution in [-0.2, 0) is 6.54 Å². The molecule has 0 amide bonds. The van der Waals surface area contributed by atoms with Crippen LogP contribution in [0.25, 0.3) is 0 Å². The highest BCUT2D eigenvalue weighted by Crippen LogP contribution is 2.19. The zero-order valence-electron chi connectivity index (χ0n) is 19.1. The van der Waals surface area contributed by atoms with Gasteiger partial charge in [-0.1, -0.05) is 69.2 Å². The van der Waals surface area contributed by atoms with Gasteiger partial charge in [-0.15, -0.1) is 0 Å². The summed E-state index contributed by atoms with van der Waals surface area (Å²) < 4.78 is 0. The van der Waals surface area contributed by atoms with Crippen LogP contribution in [0.15, 0.2) is 64.6 Å². The predicted molar refractivity (Wildman–Crippen MR) is 134 cm³/mol. The Labute approximate surface area is 182 Å². The number of aromatic amines is 2. The van der Waals surface area contributed by atoms with Gasteiger partial charge in [0.2, 0.25) is 0 Å². The summed E-state index contributed by atoms with van der Waals surface area (Å²) in [6.45, 7) is 9.77. The van der Waals surface area contributed by atoms with E-state index in [1.54, 1.807) is 13.3 Å². The Balaban J connectivity index is 0.000000297. The lowest BCUT2D eigenvalue weighted by atomic mass is 10.2. The molecule has 0 aliphatic heterocycles. The molecule has 0 bridgehead atoms. The van der Waals surface area contributed by atoms with Crippen molar-refractivity contribution in [2.24, 2.45) is 9.98 Å². The number of benzene rings is 1. The molecule has 0 aliphatic carbocycles. The van der Waals surface area contributed by atoms with Gasteiger partial charge in [0.15, 0.2) is 0 Å². The maximum absolute atomic E-state index is 4.54. The fourth-order valence-corrected chi connectivity index (χ4v) is 7.18. The molecular weight excluding hydrogens is 384 g/mol. The fraction of sp³-hybridized carbons (Fsp3) is 0.360. The lowest BCUT2D eigenvalue weighted by molar-refractivity contribution is 1.07. The van der Waals surface area contributed by atoms with Crippen molar-refractivity contribution < 1.29 is 0 Å². The summed E-state index contributed by atoms with van der Waals surface area (Å²) in [5.41, 5.74) is 4.62. The highest BCUT2D eigenvalue weighted by Gasteiger charge is 2.30. The lowest BCUT2D eigenvalue weighted by Crippen LogP contribution is -2.46. The Bertz CT molecular complexity index is 909. The van der Waals surface area contributed by atoms with E-state index in [-0.39, 0.29) is 0 Å². The van der Waals surface area contributed by atoms with Gasteiger partial charge in [-0.3, -0.25) is 9.98 Å². The second-order valence-electron chi connectivity index (χ2n) is 7.61. The number of nitrogens with one attached hydrogen (secondary N) is 2. The Morgan fingerprint density at radius 1 is 0.800 bits per heavy atom. The van der Waals surface area contributed by atoms with Gasteiger partial charge in [0.1, 0.15) is 8.07 Å². The maximum Gasteiger partial charge on any atom is 0.106 e. The first kappa shape index (κ1) is 23.6. The minimum absolute atomic E-state index is 0.743. The highest BCUT2D eigenvalue weighted by atomic mass is 28.3. The molecule has 30 heavy (non-hydrogen) atoms.